The zero-order valence-corrected chi connectivity index (χ0v) is 15.8. The minimum atomic E-state index is 0. The molecule has 0 spiro atoms. The Balaban J connectivity index is 0.00000242. The number of rotatable bonds is 4. The Bertz CT molecular complexity index is 494. The van der Waals surface area contributed by atoms with Crippen LogP contribution in [0.25, 0.3) is 0 Å². The van der Waals surface area contributed by atoms with Gasteiger partial charge in [0.25, 0.3) is 5.91 Å². The number of carbonyl (C=O) groups excluding carboxylic acids is 1. The number of hydrogen-bond donors (Lipinski definition) is 1. The monoisotopic (exact) mass is 361 g/mol. The van der Waals surface area contributed by atoms with Crippen molar-refractivity contribution < 1.29 is 4.79 Å². The van der Waals surface area contributed by atoms with Crippen molar-refractivity contribution in [3.05, 3.63) is 35.4 Å². The minimum Gasteiger partial charge on any atom is -0.334 e. The summed E-state index contributed by atoms with van der Waals surface area (Å²) in [4.78, 5) is 16.9. The van der Waals surface area contributed by atoms with Gasteiger partial charge in [-0.3, -0.25) is 4.79 Å². The van der Waals surface area contributed by atoms with Gasteiger partial charge in [0.2, 0.25) is 0 Å². The maximum atomic E-state index is 12.8. The van der Waals surface area contributed by atoms with Gasteiger partial charge in [-0.2, -0.15) is 0 Å². The van der Waals surface area contributed by atoms with Crippen LogP contribution in [-0.2, 0) is 6.54 Å². The molecule has 1 heterocycles. The van der Waals surface area contributed by atoms with Gasteiger partial charge in [0.05, 0.1) is 0 Å². The maximum Gasteiger partial charge on any atom is 0.254 e. The van der Waals surface area contributed by atoms with Crippen molar-refractivity contribution in [3.63, 3.8) is 0 Å². The molecule has 4 nitrogen and oxygen atoms in total. The number of carbonyl (C=O) groups is 1. The molecule has 0 aromatic heterocycles. The van der Waals surface area contributed by atoms with E-state index in [0.717, 1.165) is 37.9 Å². The van der Waals surface area contributed by atoms with Gasteiger partial charge in [-0.25, -0.2) is 0 Å². The van der Waals surface area contributed by atoms with Crippen LogP contribution in [0.15, 0.2) is 24.3 Å². The first-order chi connectivity index (χ1) is 9.99. The van der Waals surface area contributed by atoms with Gasteiger partial charge in [0.1, 0.15) is 0 Å². The first-order valence-electron chi connectivity index (χ1n) is 7.79. The molecule has 1 aliphatic rings. The highest BCUT2D eigenvalue weighted by molar-refractivity contribution is 5.94. The van der Waals surface area contributed by atoms with Crippen molar-refractivity contribution in [2.75, 3.05) is 20.6 Å². The van der Waals surface area contributed by atoms with Gasteiger partial charge in [-0.15, -0.1) is 24.8 Å². The van der Waals surface area contributed by atoms with Crippen LogP contribution in [0.5, 0.6) is 0 Å². The van der Waals surface area contributed by atoms with Crippen LogP contribution in [0.2, 0.25) is 0 Å². The Morgan fingerprint density at radius 1 is 1.35 bits per heavy atom. The third-order valence-electron chi connectivity index (χ3n) is 4.09. The van der Waals surface area contributed by atoms with Crippen molar-refractivity contribution >= 4 is 30.7 Å². The average Bonchev–Trinajstić information content (AvgIpc) is 2.46. The van der Waals surface area contributed by atoms with E-state index in [-0.39, 0.29) is 42.8 Å². The Hall–Kier alpha value is -0.810. The highest BCUT2D eigenvalue weighted by atomic mass is 35.5. The van der Waals surface area contributed by atoms with Crippen molar-refractivity contribution in [2.45, 2.75) is 44.8 Å². The molecule has 1 amide bonds. The second-order valence-corrected chi connectivity index (χ2v) is 6.36. The summed E-state index contributed by atoms with van der Waals surface area (Å²) < 4.78 is 0. The number of amides is 1. The molecule has 1 saturated heterocycles. The lowest BCUT2D eigenvalue weighted by Gasteiger charge is -2.38. The first-order valence-corrected chi connectivity index (χ1v) is 7.79. The predicted molar refractivity (Wildman–Crippen MR) is 101 cm³/mol. The number of nitrogens with two attached hydrogens (primary N) is 1. The van der Waals surface area contributed by atoms with Crippen molar-refractivity contribution in [1.82, 2.24) is 9.80 Å². The highest BCUT2D eigenvalue weighted by Gasteiger charge is 2.29. The van der Waals surface area contributed by atoms with E-state index in [1.807, 2.05) is 44.1 Å². The summed E-state index contributed by atoms with van der Waals surface area (Å²) in [5.41, 5.74) is 8.02. The third kappa shape index (κ3) is 5.96. The molecule has 0 aliphatic carbocycles. The fraction of sp³-hybridized carbons (Fsp3) is 0.588. The molecule has 2 atom stereocenters. The van der Waals surface area contributed by atoms with E-state index in [0.29, 0.717) is 0 Å². The van der Waals surface area contributed by atoms with Gasteiger partial charge < -0.3 is 15.5 Å². The molecule has 1 aliphatic heterocycles. The highest BCUT2D eigenvalue weighted by Crippen LogP contribution is 2.22. The zero-order chi connectivity index (χ0) is 15.4. The standard InChI is InChI=1S/C17H27N3O.2ClH/c1-13(18)16-9-4-5-10-20(16)17(21)15-8-6-7-14(11-15)12-19(2)3;;/h6-8,11,13,16H,4-5,9-10,12,18H2,1-3H3;2*1H. The summed E-state index contributed by atoms with van der Waals surface area (Å²) in [7, 11) is 4.07. The van der Waals surface area contributed by atoms with E-state index in [4.69, 9.17) is 5.73 Å². The molecule has 2 rings (SSSR count). The van der Waals surface area contributed by atoms with Gasteiger partial charge in [0.15, 0.2) is 0 Å². The minimum absolute atomic E-state index is 0. The first kappa shape index (κ1) is 22.2. The number of piperidine rings is 1. The summed E-state index contributed by atoms with van der Waals surface area (Å²) in [5, 5.41) is 0. The van der Waals surface area contributed by atoms with E-state index >= 15 is 0 Å². The zero-order valence-electron chi connectivity index (χ0n) is 14.2. The Labute approximate surface area is 152 Å². The number of halogens is 2. The van der Waals surface area contributed by atoms with Crippen LogP contribution < -0.4 is 5.73 Å². The number of hydrogen-bond acceptors (Lipinski definition) is 3. The molecule has 2 N–H and O–H groups in total. The Morgan fingerprint density at radius 3 is 2.65 bits per heavy atom. The van der Waals surface area contributed by atoms with Crippen LogP contribution in [0, 0.1) is 0 Å². The van der Waals surface area contributed by atoms with E-state index in [2.05, 4.69) is 11.0 Å². The molecule has 0 saturated carbocycles. The summed E-state index contributed by atoms with van der Waals surface area (Å²) in [6.45, 7) is 3.67. The number of nitrogens with zero attached hydrogens (tertiary/aromatic N) is 2. The smallest absolute Gasteiger partial charge is 0.254 e. The van der Waals surface area contributed by atoms with E-state index < -0.39 is 0 Å². The largest absolute Gasteiger partial charge is 0.334 e. The molecular formula is C17H29Cl2N3O. The van der Waals surface area contributed by atoms with E-state index in [1.165, 1.54) is 5.56 Å². The van der Waals surface area contributed by atoms with Crippen molar-refractivity contribution in [2.24, 2.45) is 5.73 Å². The molecule has 23 heavy (non-hydrogen) atoms. The van der Waals surface area contributed by atoms with E-state index in [9.17, 15) is 4.79 Å². The predicted octanol–water partition coefficient (Wildman–Crippen LogP) is 2.93. The second-order valence-electron chi connectivity index (χ2n) is 6.36. The number of likely N-dealkylation sites (tertiary alicyclic amines) is 1. The van der Waals surface area contributed by atoms with Gasteiger partial charge in [-0.1, -0.05) is 12.1 Å². The SMILES string of the molecule is CC(N)C1CCCCN1C(=O)c1cccc(CN(C)C)c1.Cl.Cl. The molecule has 1 aromatic carbocycles. The summed E-state index contributed by atoms with van der Waals surface area (Å²) >= 11 is 0. The molecule has 132 valence electrons. The fourth-order valence-corrected chi connectivity index (χ4v) is 3.09. The second kappa shape index (κ2) is 10.1. The average molecular weight is 362 g/mol. The molecule has 1 fully saturated rings. The summed E-state index contributed by atoms with van der Waals surface area (Å²) in [5.74, 6) is 0.123. The third-order valence-corrected chi connectivity index (χ3v) is 4.09. The lowest BCUT2D eigenvalue weighted by molar-refractivity contribution is 0.0583. The molecular weight excluding hydrogens is 333 g/mol. The topological polar surface area (TPSA) is 49.6 Å². The summed E-state index contributed by atoms with van der Waals surface area (Å²) in [6.07, 6.45) is 3.25. The fourth-order valence-electron chi connectivity index (χ4n) is 3.09. The quantitative estimate of drug-likeness (QED) is 0.896. The molecule has 2 unspecified atom stereocenters. The van der Waals surface area contributed by atoms with Crippen LogP contribution in [0.4, 0.5) is 0 Å². The van der Waals surface area contributed by atoms with Crippen LogP contribution >= 0.6 is 24.8 Å². The van der Waals surface area contributed by atoms with Crippen LogP contribution in [0.3, 0.4) is 0 Å². The van der Waals surface area contributed by atoms with Crippen LogP contribution in [0.1, 0.15) is 42.1 Å². The normalized spacial score (nSPS) is 18.8. The number of benzene rings is 1. The molecule has 0 bridgehead atoms. The molecule has 0 radical (unpaired) electrons. The van der Waals surface area contributed by atoms with Crippen LogP contribution in [-0.4, -0.2) is 48.4 Å². The Morgan fingerprint density at radius 2 is 2.04 bits per heavy atom. The maximum absolute atomic E-state index is 12.8. The van der Waals surface area contributed by atoms with Gasteiger partial charge >= 0.3 is 0 Å². The molecule has 1 aromatic rings. The van der Waals surface area contributed by atoms with E-state index in [1.54, 1.807) is 0 Å². The van der Waals surface area contributed by atoms with Gasteiger partial charge in [-0.05, 0) is 58.0 Å². The lowest BCUT2D eigenvalue weighted by Crippen LogP contribution is -2.51. The van der Waals surface area contributed by atoms with Crippen molar-refractivity contribution in [1.29, 1.82) is 0 Å². The van der Waals surface area contributed by atoms with Gasteiger partial charge in [0, 0.05) is 30.7 Å². The molecule has 6 heteroatoms. The summed E-state index contributed by atoms with van der Waals surface area (Å²) in [6, 6.07) is 8.15. The Kier molecular flexibility index (Phi) is 9.78. The lowest BCUT2D eigenvalue weighted by atomic mass is 9.96. The van der Waals surface area contributed by atoms with Crippen molar-refractivity contribution in [3.8, 4) is 0 Å².